The van der Waals surface area contributed by atoms with Gasteiger partial charge in [0.2, 0.25) is 10.0 Å². The van der Waals surface area contributed by atoms with Crippen LogP contribution in [0.25, 0.3) is 11.0 Å². The van der Waals surface area contributed by atoms with Crippen LogP contribution in [0.5, 0.6) is 0 Å². The molecule has 22 heavy (non-hydrogen) atoms. The third-order valence-corrected chi connectivity index (χ3v) is 5.37. The second-order valence-corrected chi connectivity index (χ2v) is 7.05. The first-order chi connectivity index (χ1) is 10.5. The molecular weight excluding hydrogens is 322 g/mol. The minimum absolute atomic E-state index is 0.0552. The van der Waals surface area contributed by atoms with Gasteiger partial charge in [-0.3, -0.25) is 0 Å². The molecule has 0 spiro atoms. The molecule has 0 saturated carbocycles. The molecule has 2 aromatic carbocycles. The smallest absolute Gasteiger partial charge is 0.242 e. The highest BCUT2D eigenvalue weighted by atomic mass is 35.5. The van der Waals surface area contributed by atoms with E-state index in [9.17, 15) is 8.42 Å². The Balaban J connectivity index is 1.90. The minimum Gasteiger partial charge on any atom is -0.459 e. The Morgan fingerprint density at radius 1 is 1.09 bits per heavy atom. The molecule has 1 aromatic heterocycles. The van der Waals surface area contributed by atoms with Crippen molar-refractivity contribution in [2.45, 2.75) is 17.9 Å². The highest BCUT2D eigenvalue weighted by Crippen LogP contribution is 2.26. The van der Waals surface area contributed by atoms with E-state index in [0.29, 0.717) is 5.76 Å². The number of rotatable bonds is 4. The van der Waals surface area contributed by atoms with E-state index < -0.39 is 16.1 Å². The average molecular weight is 336 g/mol. The van der Waals surface area contributed by atoms with Gasteiger partial charge >= 0.3 is 0 Å². The van der Waals surface area contributed by atoms with Gasteiger partial charge in [0.25, 0.3) is 0 Å². The number of fused-ring (bicyclic) bond motifs is 1. The lowest BCUT2D eigenvalue weighted by Gasteiger charge is -2.12. The van der Waals surface area contributed by atoms with Crippen LogP contribution in [0, 0.1) is 0 Å². The second kappa shape index (κ2) is 5.76. The zero-order valence-electron chi connectivity index (χ0n) is 11.8. The minimum atomic E-state index is -3.72. The molecule has 0 aliphatic heterocycles. The van der Waals surface area contributed by atoms with Crippen LogP contribution in [-0.4, -0.2) is 8.42 Å². The number of hydrogen-bond acceptors (Lipinski definition) is 3. The Kier molecular flexibility index (Phi) is 3.95. The number of nitrogens with one attached hydrogen (secondary N) is 1. The number of benzene rings is 2. The van der Waals surface area contributed by atoms with Gasteiger partial charge in [0.1, 0.15) is 16.2 Å². The van der Waals surface area contributed by atoms with Gasteiger partial charge in [-0.05, 0) is 31.2 Å². The molecule has 6 heteroatoms. The predicted molar refractivity (Wildman–Crippen MR) is 86.4 cm³/mol. The molecule has 0 saturated heterocycles. The van der Waals surface area contributed by atoms with Crippen molar-refractivity contribution in [3.05, 3.63) is 65.4 Å². The quantitative estimate of drug-likeness (QED) is 0.780. The van der Waals surface area contributed by atoms with Gasteiger partial charge < -0.3 is 4.42 Å². The monoisotopic (exact) mass is 335 g/mol. The maximum atomic E-state index is 12.4. The summed E-state index contributed by atoms with van der Waals surface area (Å²) in [5.41, 5.74) is 0.723. The van der Waals surface area contributed by atoms with Gasteiger partial charge in [0, 0.05) is 5.39 Å². The Morgan fingerprint density at radius 2 is 1.77 bits per heavy atom. The van der Waals surface area contributed by atoms with Crippen molar-refractivity contribution < 1.29 is 12.8 Å². The maximum Gasteiger partial charge on any atom is 0.242 e. The highest BCUT2D eigenvalue weighted by Gasteiger charge is 2.22. The van der Waals surface area contributed by atoms with Gasteiger partial charge in [0.05, 0.1) is 11.1 Å². The van der Waals surface area contributed by atoms with Gasteiger partial charge in [-0.25, -0.2) is 13.1 Å². The Bertz CT molecular complexity index is 885. The highest BCUT2D eigenvalue weighted by molar-refractivity contribution is 7.89. The molecule has 1 atom stereocenters. The molecule has 0 radical (unpaired) electrons. The van der Waals surface area contributed by atoms with Crippen LogP contribution in [0.1, 0.15) is 18.7 Å². The van der Waals surface area contributed by atoms with E-state index in [2.05, 4.69) is 4.72 Å². The first-order valence-electron chi connectivity index (χ1n) is 6.73. The number of hydrogen-bond donors (Lipinski definition) is 1. The van der Waals surface area contributed by atoms with Crippen LogP contribution in [0.4, 0.5) is 0 Å². The van der Waals surface area contributed by atoms with Crippen LogP contribution in [0.15, 0.2) is 63.9 Å². The van der Waals surface area contributed by atoms with Crippen molar-refractivity contribution >= 4 is 32.6 Å². The van der Waals surface area contributed by atoms with Crippen LogP contribution >= 0.6 is 11.6 Å². The SMILES string of the molecule is C[C@@H](NS(=O)(=O)c1ccccc1Cl)c1cc2ccccc2o1. The third kappa shape index (κ3) is 2.88. The first-order valence-corrected chi connectivity index (χ1v) is 8.59. The standard InChI is InChI=1S/C16H14ClNO3S/c1-11(15-10-12-6-2-4-8-14(12)21-15)18-22(19,20)16-9-5-3-7-13(16)17/h2-11,18H,1H3/t11-/m1/s1. The van der Waals surface area contributed by atoms with E-state index in [-0.39, 0.29) is 9.92 Å². The van der Waals surface area contributed by atoms with Crippen LogP contribution in [0.2, 0.25) is 5.02 Å². The van der Waals surface area contributed by atoms with Gasteiger partial charge in [-0.15, -0.1) is 0 Å². The van der Waals surface area contributed by atoms with Crippen molar-refractivity contribution in [3.8, 4) is 0 Å². The van der Waals surface area contributed by atoms with Crippen molar-refractivity contribution in [2.24, 2.45) is 0 Å². The first kappa shape index (κ1) is 15.1. The van der Waals surface area contributed by atoms with Gasteiger partial charge in [-0.2, -0.15) is 0 Å². The van der Waals surface area contributed by atoms with Gasteiger partial charge in [0.15, 0.2) is 0 Å². The zero-order valence-corrected chi connectivity index (χ0v) is 13.4. The molecule has 4 nitrogen and oxygen atoms in total. The molecular formula is C16H14ClNO3S. The average Bonchev–Trinajstić information content (AvgIpc) is 2.91. The lowest BCUT2D eigenvalue weighted by Crippen LogP contribution is -2.26. The molecule has 3 rings (SSSR count). The summed E-state index contributed by atoms with van der Waals surface area (Å²) >= 11 is 5.96. The number of halogens is 1. The van der Waals surface area contributed by atoms with Crippen LogP contribution < -0.4 is 4.72 Å². The molecule has 0 bridgehead atoms. The largest absolute Gasteiger partial charge is 0.459 e. The lowest BCUT2D eigenvalue weighted by atomic mass is 10.2. The Morgan fingerprint density at radius 3 is 2.50 bits per heavy atom. The summed E-state index contributed by atoms with van der Waals surface area (Å²) in [5, 5.41) is 1.12. The van der Waals surface area contributed by atoms with Crippen LogP contribution in [-0.2, 0) is 10.0 Å². The summed E-state index contributed by atoms with van der Waals surface area (Å²) in [6.07, 6.45) is 0. The van der Waals surface area contributed by atoms with Gasteiger partial charge in [-0.1, -0.05) is 41.9 Å². The zero-order chi connectivity index (χ0) is 15.7. The maximum absolute atomic E-state index is 12.4. The normalized spacial score (nSPS) is 13.4. The van der Waals surface area contributed by atoms with Crippen molar-refractivity contribution in [1.29, 1.82) is 0 Å². The summed E-state index contributed by atoms with van der Waals surface area (Å²) in [6, 6.07) is 15.2. The molecule has 0 amide bonds. The summed E-state index contributed by atoms with van der Waals surface area (Å²) < 4.78 is 33.1. The summed E-state index contributed by atoms with van der Waals surface area (Å²) in [6.45, 7) is 1.73. The number of para-hydroxylation sites is 1. The van der Waals surface area contributed by atoms with Crippen molar-refractivity contribution in [1.82, 2.24) is 4.72 Å². The summed E-state index contributed by atoms with van der Waals surface area (Å²) in [4.78, 5) is 0.0552. The molecule has 0 unspecified atom stereocenters. The van der Waals surface area contributed by atoms with E-state index >= 15 is 0 Å². The number of sulfonamides is 1. The molecule has 0 aliphatic carbocycles. The second-order valence-electron chi connectivity index (χ2n) is 4.96. The lowest BCUT2D eigenvalue weighted by molar-refractivity contribution is 0.484. The van der Waals surface area contributed by atoms with Crippen molar-refractivity contribution in [2.75, 3.05) is 0 Å². The molecule has 114 valence electrons. The Labute approximate surface area is 133 Å². The summed E-state index contributed by atoms with van der Waals surface area (Å²) in [5.74, 6) is 0.553. The van der Waals surface area contributed by atoms with Crippen LogP contribution in [0.3, 0.4) is 0 Å². The fraction of sp³-hybridized carbons (Fsp3) is 0.125. The van der Waals surface area contributed by atoms with E-state index in [1.54, 1.807) is 25.1 Å². The number of furan rings is 1. The third-order valence-electron chi connectivity index (χ3n) is 3.33. The molecule has 3 aromatic rings. The summed E-state index contributed by atoms with van der Waals surface area (Å²) in [7, 11) is -3.72. The molecule has 1 heterocycles. The fourth-order valence-electron chi connectivity index (χ4n) is 2.23. The fourth-order valence-corrected chi connectivity index (χ4v) is 3.96. The molecule has 0 aliphatic rings. The van der Waals surface area contributed by atoms with E-state index in [4.69, 9.17) is 16.0 Å². The predicted octanol–water partition coefficient (Wildman–Crippen LogP) is 4.13. The van der Waals surface area contributed by atoms with E-state index in [1.165, 1.54) is 6.07 Å². The van der Waals surface area contributed by atoms with Crippen molar-refractivity contribution in [3.63, 3.8) is 0 Å². The van der Waals surface area contributed by atoms with E-state index in [0.717, 1.165) is 11.0 Å². The Hall–Kier alpha value is -1.82. The molecule has 0 fully saturated rings. The van der Waals surface area contributed by atoms with E-state index in [1.807, 2.05) is 30.3 Å². The topological polar surface area (TPSA) is 59.3 Å². The molecule has 1 N–H and O–H groups in total.